The van der Waals surface area contributed by atoms with Crippen LogP contribution in [0.1, 0.15) is 39.0 Å². The fraction of sp³-hybridized carbons (Fsp3) is 1.00. The van der Waals surface area contributed by atoms with Crippen LogP contribution in [0, 0.1) is 0 Å². The van der Waals surface area contributed by atoms with E-state index in [1.54, 1.807) is 0 Å². The van der Waals surface area contributed by atoms with E-state index in [2.05, 4.69) is 16.7 Å². The molecule has 11 heavy (non-hydrogen) atoms. The van der Waals surface area contributed by atoms with Gasteiger partial charge < -0.3 is 5.11 Å². The summed E-state index contributed by atoms with van der Waals surface area (Å²) in [7, 11) is 0. The van der Waals surface area contributed by atoms with Gasteiger partial charge in [0.15, 0.2) is 0 Å². The molecule has 0 aromatic heterocycles. The van der Waals surface area contributed by atoms with E-state index in [1.165, 1.54) is 19.3 Å². The van der Waals surface area contributed by atoms with Gasteiger partial charge in [-0.2, -0.15) is 9.78 Å². The van der Waals surface area contributed by atoms with Crippen LogP contribution < -0.4 is 0 Å². The topological polar surface area (TPSA) is 45.3 Å². The second-order valence-corrected chi connectivity index (χ2v) is 2.98. The molecule has 1 fully saturated rings. The van der Waals surface area contributed by atoms with Gasteiger partial charge in [-0.1, -0.05) is 32.6 Å². The molecule has 1 N–H and O–H groups in total. The maximum absolute atomic E-state index is 9.24. The molecule has 1 heterocycles. The minimum absolute atomic E-state index is 0.323. The van der Waals surface area contributed by atoms with Crippen LogP contribution >= 0.6 is 0 Å². The number of aliphatic hydroxyl groups is 1. The van der Waals surface area contributed by atoms with Gasteiger partial charge in [0.05, 0.1) is 0 Å². The van der Waals surface area contributed by atoms with E-state index in [0.717, 1.165) is 12.8 Å². The van der Waals surface area contributed by atoms with Crippen LogP contribution in [0.25, 0.3) is 0 Å². The Labute approximate surface area is 67.2 Å². The summed E-state index contributed by atoms with van der Waals surface area (Å²) in [6.07, 6.45) is 4.80. The fourth-order valence-electron chi connectivity index (χ4n) is 1.08. The molecule has 1 atom stereocenters. The highest BCUT2D eigenvalue weighted by atomic mass is 17.4. The van der Waals surface area contributed by atoms with Crippen molar-refractivity contribution in [2.75, 3.05) is 0 Å². The Bertz CT molecular complexity index is 102. The molecule has 0 radical (unpaired) electrons. The highest BCUT2D eigenvalue weighted by Crippen LogP contribution is 2.20. The Balaban J connectivity index is 1.85. The van der Waals surface area contributed by atoms with Gasteiger partial charge in [0, 0.05) is 0 Å². The Morgan fingerprint density at radius 3 is 2.55 bits per heavy atom. The van der Waals surface area contributed by atoms with E-state index in [9.17, 15) is 5.11 Å². The van der Waals surface area contributed by atoms with Crippen LogP contribution in [-0.2, 0) is 9.78 Å². The third kappa shape index (κ3) is 3.70. The van der Waals surface area contributed by atoms with Gasteiger partial charge in [-0.25, -0.2) is 0 Å². The molecule has 1 rings (SSSR count). The molecule has 0 aromatic rings. The van der Waals surface area contributed by atoms with E-state index < -0.39 is 6.10 Å². The molecule has 0 bridgehead atoms. The zero-order valence-electron chi connectivity index (χ0n) is 6.95. The molecule has 1 saturated heterocycles. The standard InChI is InChI=1S/C8H16O3/c1-2-3-4-5-6-7(9)8-10-11-8/h7-9H,2-6H2,1H3. The highest BCUT2D eigenvalue weighted by molar-refractivity contribution is 4.62. The lowest BCUT2D eigenvalue weighted by Gasteiger charge is -2.02. The van der Waals surface area contributed by atoms with Crippen LogP contribution in [0.15, 0.2) is 0 Å². The Morgan fingerprint density at radius 2 is 2.00 bits per heavy atom. The third-order valence-corrected chi connectivity index (χ3v) is 1.87. The smallest absolute Gasteiger partial charge is 0.250 e. The number of aliphatic hydroxyl groups excluding tert-OH is 1. The second kappa shape index (κ2) is 4.70. The molecule has 3 heteroatoms. The van der Waals surface area contributed by atoms with Crippen molar-refractivity contribution in [1.82, 2.24) is 0 Å². The average Bonchev–Trinajstić information content (AvgIpc) is 2.79. The third-order valence-electron chi connectivity index (χ3n) is 1.87. The van der Waals surface area contributed by atoms with Crippen molar-refractivity contribution < 1.29 is 14.9 Å². The maximum Gasteiger partial charge on any atom is 0.250 e. The number of hydrogen-bond donors (Lipinski definition) is 1. The van der Waals surface area contributed by atoms with Crippen molar-refractivity contribution in [3.63, 3.8) is 0 Å². The predicted octanol–water partition coefficient (Wildman–Crippen LogP) is 1.61. The van der Waals surface area contributed by atoms with Crippen molar-refractivity contribution >= 4 is 0 Å². The van der Waals surface area contributed by atoms with Gasteiger partial charge >= 0.3 is 0 Å². The van der Waals surface area contributed by atoms with Crippen LogP contribution in [-0.4, -0.2) is 17.5 Å². The zero-order chi connectivity index (χ0) is 8.10. The van der Waals surface area contributed by atoms with E-state index in [-0.39, 0.29) is 6.29 Å². The summed E-state index contributed by atoms with van der Waals surface area (Å²) in [4.78, 5) is 8.95. The minimum Gasteiger partial charge on any atom is -0.388 e. The lowest BCUT2D eigenvalue weighted by atomic mass is 10.1. The molecular formula is C8H16O3. The lowest BCUT2D eigenvalue weighted by Crippen LogP contribution is -2.13. The van der Waals surface area contributed by atoms with Crippen molar-refractivity contribution in [2.24, 2.45) is 0 Å². The average molecular weight is 160 g/mol. The first-order valence-electron chi connectivity index (χ1n) is 4.34. The second-order valence-electron chi connectivity index (χ2n) is 2.98. The summed E-state index contributed by atoms with van der Waals surface area (Å²) in [5.41, 5.74) is 0. The van der Waals surface area contributed by atoms with Crippen molar-refractivity contribution in [3.8, 4) is 0 Å². The van der Waals surface area contributed by atoms with E-state index in [0.29, 0.717) is 0 Å². The van der Waals surface area contributed by atoms with Crippen LogP contribution in [0.2, 0.25) is 0 Å². The molecule has 66 valence electrons. The van der Waals surface area contributed by atoms with E-state index in [1.807, 2.05) is 0 Å². The molecule has 0 spiro atoms. The number of hydrogen-bond acceptors (Lipinski definition) is 3. The van der Waals surface area contributed by atoms with E-state index >= 15 is 0 Å². The maximum atomic E-state index is 9.24. The summed E-state index contributed by atoms with van der Waals surface area (Å²) in [5, 5.41) is 9.24. The van der Waals surface area contributed by atoms with Gasteiger partial charge in [-0.15, -0.1) is 0 Å². The van der Waals surface area contributed by atoms with Gasteiger partial charge in [-0.05, 0) is 6.42 Å². The van der Waals surface area contributed by atoms with Crippen LogP contribution in [0.4, 0.5) is 0 Å². The minimum atomic E-state index is -0.410. The molecule has 1 aliphatic heterocycles. The van der Waals surface area contributed by atoms with Gasteiger partial charge in [0.25, 0.3) is 0 Å². The Kier molecular flexibility index (Phi) is 3.83. The monoisotopic (exact) mass is 160 g/mol. The molecule has 0 aliphatic carbocycles. The Hall–Kier alpha value is -0.120. The first kappa shape index (κ1) is 8.97. The fourth-order valence-corrected chi connectivity index (χ4v) is 1.08. The summed E-state index contributed by atoms with van der Waals surface area (Å²) in [6, 6.07) is 0. The first-order valence-corrected chi connectivity index (χ1v) is 4.34. The highest BCUT2D eigenvalue weighted by Gasteiger charge is 2.33. The zero-order valence-corrected chi connectivity index (χ0v) is 6.95. The SMILES string of the molecule is CCCCCCC(O)C1OO1. The van der Waals surface area contributed by atoms with Crippen LogP contribution in [0.5, 0.6) is 0 Å². The van der Waals surface area contributed by atoms with Gasteiger partial charge in [0.2, 0.25) is 6.29 Å². The summed E-state index contributed by atoms with van der Waals surface area (Å²) in [6.45, 7) is 2.17. The van der Waals surface area contributed by atoms with Gasteiger partial charge in [-0.3, -0.25) is 0 Å². The van der Waals surface area contributed by atoms with Crippen LogP contribution in [0.3, 0.4) is 0 Å². The molecule has 1 aliphatic rings. The summed E-state index contributed by atoms with van der Waals surface area (Å²) in [5.74, 6) is 0. The van der Waals surface area contributed by atoms with Crippen molar-refractivity contribution in [3.05, 3.63) is 0 Å². The number of rotatable bonds is 6. The molecule has 1 unspecified atom stereocenters. The number of unbranched alkanes of at least 4 members (excludes halogenated alkanes) is 3. The first-order chi connectivity index (χ1) is 5.34. The molecule has 0 aromatic carbocycles. The molecule has 3 nitrogen and oxygen atoms in total. The van der Waals surface area contributed by atoms with Gasteiger partial charge in [0.1, 0.15) is 6.10 Å². The van der Waals surface area contributed by atoms with Crippen molar-refractivity contribution in [1.29, 1.82) is 0 Å². The predicted molar refractivity (Wildman–Crippen MR) is 40.7 cm³/mol. The summed E-state index contributed by atoms with van der Waals surface area (Å²) >= 11 is 0. The summed E-state index contributed by atoms with van der Waals surface area (Å²) < 4.78 is 0. The lowest BCUT2D eigenvalue weighted by molar-refractivity contribution is 0.0850. The molecule has 0 amide bonds. The molecule has 0 saturated carbocycles. The quantitative estimate of drug-likeness (QED) is 0.364. The largest absolute Gasteiger partial charge is 0.388 e. The normalized spacial score (nSPS) is 20.2. The van der Waals surface area contributed by atoms with E-state index in [4.69, 9.17) is 0 Å². The Morgan fingerprint density at radius 1 is 1.27 bits per heavy atom. The van der Waals surface area contributed by atoms with Crippen molar-refractivity contribution in [2.45, 2.75) is 51.4 Å². The molecular weight excluding hydrogens is 144 g/mol.